The largest absolute Gasteiger partial charge is 0.369 e. The number of hydrogen-bond donors (Lipinski definition) is 0. The van der Waals surface area contributed by atoms with Gasteiger partial charge >= 0.3 is 0 Å². The Morgan fingerprint density at radius 3 is 2.38 bits per heavy atom. The van der Waals surface area contributed by atoms with E-state index in [9.17, 15) is 0 Å². The molecule has 0 atom stereocenters. The highest BCUT2D eigenvalue weighted by Crippen LogP contribution is 2.26. The fourth-order valence-electron chi connectivity index (χ4n) is 3.32. The summed E-state index contributed by atoms with van der Waals surface area (Å²) >= 11 is 0. The van der Waals surface area contributed by atoms with Crippen LogP contribution in [0.3, 0.4) is 0 Å². The summed E-state index contributed by atoms with van der Waals surface area (Å²) in [6.07, 6.45) is 2.03. The summed E-state index contributed by atoms with van der Waals surface area (Å²) in [5.74, 6) is 0. The molecule has 24 heavy (non-hydrogen) atoms. The number of aromatic nitrogens is 3. The number of nitrogens with zero attached hydrogens (tertiary/aromatic N) is 5. The van der Waals surface area contributed by atoms with E-state index in [1.54, 1.807) is 0 Å². The van der Waals surface area contributed by atoms with E-state index in [1.165, 1.54) is 11.3 Å². The molecule has 5 nitrogen and oxygen atoms in total. The van der Waals surface area contributed by atoms with Crippen LogP contribution < -0.4 is 4.90 Å². The molecule has 1 aromatic carbocycles. The van der Waals surface area contributed by atoms with Crippen LogP contribution in [0.2, 0.25) is 0 Å². The molecule has 1 saturated heterocycles. The molecular weight excluding hydrogens is 298 g/mol. The number of piperazine rings is 1. The number of benzene rings is 1. The van der Waals surface area contributed by atoms with Gasteiger partial charge in [0.1, 0.15) is 0 Å². The topological polar surface area (TPSA) is 37.2 Å². The molecule has 2 aromatic heterocycles. The quantitative estimate of drug-likeness (QED) is 0.727. The first-order valence-electron chi connectivity index (χ1n) is 8.45. The molecule has 1 aliphatic rings. The van der Waals surface area contributed by atoms with Crippen LogP contribution in [-0.2, 0) is 7.05 Å². The SMILES string of the molecule is Cc1cc(-c2ccc(N3CCN(C)CC3)cc2)nc2nn(C)cc12. The van der Waals surface area contributed by atoms with E-state index in [0.29, 0.717) is 0 Å². The Labute approximate surface area is 142 Å². The van der Waals surface area contributed by atoms with Crippen LogP contribution in [0.1, 0.15) is 5.56 Å². The first kappa shape index (κ1) is 15.1. The van der Waals surface area contributed by atoms with Crippen LogP contribution in [0.4, 0.5) is 5.69 Å². The number of anilines is 1. The minimum Gasteiger partial charge on any atom is -0.369 e. The van der Waals surface area contributed by atoms with E-state index in [1.807, 2.05) is 17.9 Å². The highest BCUT2D eigenvalue weighted by atomic mass is 15.3. The molecule has 0 bridgehead atoms. The second kappa shape index (κ2) is 5.91. The molecule has 3 heterocycles. The van der Waals surface area contributed by atoms with Crippen LogP contribution >= 0.6 is 0 Å². The van der Waals surface area contributed by atoms with Gasteiger partial charge in [-0.25, -0.2) is 4.98 Å². The number of aryl methyl sites for hydroxylation is 2. The summed E-state index contributed by atoms with van der Waals surface area (Å²) in [7, 11) is 4.12. The molecule has 3 aromatic rings. The summed E-state index contributed by atoms with van der Waals surface area (Å²) in [4.78, 5) is 9.55. The lowest BCUT2D eigenvalue weighted by atomic mass is 10.1. The van der Waals surface area contributed by atoms with E-state index in [4.69, 9.17) is 4.98 Å². The highest BCUT2D eigenvalue weighted by molar-refractivity contribution is 5.81. The fourth-order valence-corrected chi connectivity index (χ4v) is 3.32. The van der Waals surface area contributed by atoms with Crippen molar-refractivity contribution in [2.75, 3.05) is 38.1 Å². The third kappa shape index (κ3) is 2.76. The molecule has 1 fully saturated rings. The molecule has 0 unspecified atom stereocenters. The van der Waals surface area contributed by atoms with Crippen molar-refractivity contribution in [2.24, 2.45) is 7.05 Å². The van der Waals surface area contributed by atoms with Crippen molar-refractivity contribution in [3.63, 3.8) is 0 Å². The van der Waals surface area contributed by atoms with Crippen molar-refractivity contribution in [1.82, 2.24) is 19.7 Å². The van der Waals surface area contributed by atoms with Gasteiger partial charge in [0.05, 0.1) is 5.69 Å². The van der Waals surface area contributed by atoms with Crippen LogP contribution in [0.15, 0.2) is 36.5 Å². The predicted molar refractivity (Wildman–Crippen MR) is 98.4 cm³/mol. The van der Waals surface area contributed by atoms with Crippen molar-refractivity contribution in [3.05, 3.63) is 42.1 Å². The van der Waals surface area contributed by atoms with Gasteiger partial charge in [-0.15, -0.1) is 0 Å². The lowest BCUT2D eigenvalue weighted by Gasteiger charge is -2.34. The summed E-state index contributed by atoms with van der Waals surface area (Å²) in [6.45, 7) is 6.55. The van der Waals surface area contributed by atoms with Gasteiger partial charge in [0, 0.05) is 56.1 Å². The van der Waals surface area contributed by atoms with Gasteiger partial charge in [-0.3, -0.25) is 4.68 Å². The van der Waals surface area contributed by atoms with Crippen LogP contribution in [0, 0.1) is 6.92 Å². The molecule has 124 valence electrons. The van der Waals surface area contributed by atoms with Crippen molar-refractivity contribution in [3.8, 4) is 11.3 Å². The maximum absolute atomic E-state index is 4.73. The summed E-state index contributed by atoms with van der Waals surface area (Å²) in [6, 6.07) is 10.9. The summed E-state index contributed by atoms with van der Waals surface area (Å²) in [5.41, 5.74) is 5.46. The fraction of sp³-hybridized carbons (Fsp3) is 0.368. The van der Waals surface area contributed by atoms with Crippen molar-refractivity contribution < 1.29 is 0 Å². The van der Waals surface area contributed by atoms with Crippen molar-refractivity contribution in [2.45, 2.75) is 6.92 Å². The Morgan fingerprint density at radius 1 is 0.958 bits per heavy atom. The van der Waals surface area contributed by atoms with Gasteiger partial charge in [-0.05, 0) is 37.7 Å². The molecule has 1 aliphatic heterocycles. The van der Waals surface area contributed by atoms with E-state index in [0.717, 1.165) is 48.5 Å². The van der Waals surface area contributed by atoms with E-state index in [-0.39, 0.29) is 0 Å². The van der Waals surface area contributed by atoms with Gasteiger partial charge in [0.15, 0.2) is 5.65 Å². The normalized spacial score (nSPS) is 16.0. The van der Waals surface area contributed by atoms with Crippen molar-refractivity contribution in [1.29, 1.82) is 0 Å². The van der Waals surface area contributed by atoms with E-state index >= 15 is 0 Å². The minimum atomic E-state index is 0.815. The van der Waals surface area contributed by atoms with Crippen LogP contribution in [0.5, 0.6) is 0 Å². The van der Waals surface area contributed by atoms with Gasteiger partial charge in [-0.1, -0.05) is 12.1 Å². The maximum atomic E-state index is 4.73. The van der Waals surface area contributed by atoms with Gasteiger partial charge < -0.3 is 9.80 Å². The summed E-state index contributed by atoms with van der Waals surface area (Å²) < 4.78 is 1.82. The Morgan fingerprint density at radius 2 is 1.67 bits per heavy atom. The minimum absolute atomic E-state index is 0.815. The lowest BCUT2D eigenvalue weighted by molar-refractivity contribution is 0.313. The average Bonchev–Trinajstić information content (AvgIpc) is 2.97. The zero-order chi connectivity index (χ0) is 16.7. The number of rotatable bonds is 2. The smallest absolute Gasteiger partial charge is 0.181 e. The van der Waals surface area contributed by atoms with E-state index < -0.39 is 0 Å². The second-order valence-electron chi connectivity index (χ2n) is 6.70. The number of likely N-dealkylation sites (N-methyl/N-ethyl adjacent to an activating group) is 1. The number of fused-ring (bicyclic) bond motifs is 1. The first-order valence-corrected chi connectivity index (χ1v) is 8.45. The Balaban J connectivity index is 1.63. The first-order chi connectivity index (χ1) is 11.6. The Kier molecular flexibility index (Phi) is 3.73. The molecule has 0 radical (unpaired) electrons. The van der Waals surface area contributed by atoms with Crippen molar-refractivity contribution >= 4 is 16.7 Å². The summed E-state index contributed by atoms with van der Waals surface area (Å²) in [5, 5.41) is 5.57. The van der Waals surface area contributed by atoms with Crippen LogP contribution in [0.25, 0.3) is 22.3 Å². The Bertz CT molecular complexity index is 857. The maximum Gasteiger partial charge on any atom is 0.181 e. The van der Waals surface area contributed by atoms with Crippen LogP contribution in [-0.4, -0.2) is 52.9 Å². The van der Waals surface area contributed by atoms with Gasteiger partial charge in [0.25, 0.3) is 0 Å². The molecule has 0 saturated carbocycles. The third-order valence-electron chi connectivity index (χ3n) is 4.85. The predicted octanol–water partition coefficient (Wildman–Crippen LogP) is 2.70. The molecule has 4 rings (SSSR count). The number of hydrogen-bond acceptors (Lipinski definition) is 4. The monoisotopic (exact) mass is 321 g/mol. The van der Waals surface area contributed by atoms with E-state index in [2.05, 4.69) is 59.2 Å². The molecule has 0 spiro atoms. The number of pyridine rings is 1. The highest BCUT2D eigenvalue weighted by Gasteiger charge is 2.14. The Hall–Kier alpha value is -2.40. The van der Waals surface area contributed by atoms with Gasteiger partial charge in [-0.2, -0.15) is 5.10 Å². The third-order valence-corrected chi connectivity index (χ3v) is 4.85. The zero-order valence-electron chi connectivity index (χ0n) is 14.5. The lowest BCUT2D eigenvalue weighted by Crippen LogP contribution is -2.44. The molecule has 5 heteroatoms. The van der Waals surface area contributed by atoms with Gasteiger partial charge in [0.2, 0.25) is 0 Å². The average molecular weight is 321 g/mol. The molecule has 0 N–H and O–H groups in total. The zero-order valence-corrected chi connectivity index (χ0v) is 14.5. The standard InChI is InChI=1S/C19H23N5/c1-14-12-18(20-19-17(14)13-23(3)21-19)15-4-6-16(7-5-15)24-10-8-22(2)9-11-24/h4-7,12-13H,8-11H2,1-3H3. The second-order valence-corrected chi connectivity index (χ2v) is 6.70. The molecule has 0 aliphatic carbocycles. The molecular formula is C19H23N5. The molecule has 0 amide bonds.